The number of benzene rings is 1. The minimum absolute atomic E-state index is 0.345. The van der Waals surface area contributed by atoms with Crippen molar-refractivity contribution in [1.82, 2.24) is 9.55 Å². The summed E-state index contributed by atoms with van der Waals surface area (Å²) in [7, 11) is 0. The number of aryl methyl sites for hydroxylation is 2. The fourth-order valence-electron chi connectivity index (χ4n) is 1.91. The van der Waals surface area contributed by atoms with Gasteiger partial charge in [0.15, 0.2) is 0 Å². The quantitative estimate of drug-likeness (QED) is 0.800. The lowest BCUT2D eigenvalue weighted by atomic mass is 10.2. The third kappa shape index (κ3) is 2.49. The number of hydrogen-bond acceptors (Lipinski definition) is 2. The van der Waals surface area contributed by atoms with E-state index < -0.39 is 0 Å². The zero-order valence-electron chi connectivity index (χ0n) is 10.8. The van der Waals surface area contributed by atoms with Gasteiger partial charge < -0.3 is 4.74 Å². The second-order valence-electron chi connectivity index (χ2n) is 4.56. The summed E-state index contributed by atoms with van der Waals surface area (Å²) >= 11 is 0. The topological polar surface area (TPSA) is 27.1 Å². The number of aromatic nitrogens is 2. The van der Waals surface area contributed by atoms with Crippen molar-refractivity contribution in [3.63, 3.8) is 0 Å². The van der Waals surface area contributed by atoms with E-state index in [0.29, 0.717) is 12.1 Å². The normalized spacial score (nSPS) is 10.9. The molecular formula is C14H18N2O. The van der Waals surface area contributed by atoms with Crippen LogP contribution >= 0.6 is 0 Å². The molecule has 0 spiro atoms. The summed E-state index contributed by atoms with van der Waals surface area (Å²) in [6.07, 6.45) is 1.84. The van der Waals surface area contributed by atoms with Gasteiger partial charge in [-0.1, -0.05) is 12.1 Å². The van der Waals surface area contributed by atoms with Crippen LogP contribution in [-0.4, -0.2) is 9.55 Å². The van der Waals surface area contributed by atoms with Gasteiger partial charge in [0.1, 0.15) is 5.75 Å². The van der Waals surface area contributed by atoms with Gasteiger partial charge in [-0.05, 0) is 45.4 Å². The molecule has 0 radical (unpaired) electrons. The van der Waals surface area contributed by atoms with Gasteiger partial charge in [0.05, 0.1) is 6.20 Å². The zero-order chi connectivity index (χ0) is 12.4. The van der Waals surface area contributed by atoms with Crippen molar-refractivity contribution in [2.75, 3.05) is 0 Å². The Morgan fingerprint density at radius 2 is 2.00 bits per heavy atom. The van der Waals surface area contributed by atoms with Crippen LogP contribution in [0, 0.1) is 13.8 Å². The van der Waals surface area contributed by atoms with Crippen LogP contribution < -0.4 is 4.74 Å². The van der Waals surface area contributed by atoms with Crippen LogP contribution in [0.4, 0.5) is 0 Å². The van der Waals surface area contributed by atoms with E-state index in [1.165, 1.54) is 5.56 Å². The molecule has 1 heterocycles. The van der Waals surface area contributed by atoms with E-state index in [-0.39, 0.29) is 0 Å². The Morgan fingerprint density at radius 3 is 2.65 bits per heavy atom. The van der Waals surface area contributed by atoms with Crippen molar-refractivity contribution >= 4 is 0 Å². The van der Waals surface area contributed by atoms with Crippen molar-refractivity contribution in [2.45, 2.75) is 33.7 Å². The summed E-state index contributed by atoms with van der Waals surface area (Å²) in [5, 5.41) is 0. The predicted molar refractivity (Wildman–Crippen MR) is 68.6 cm³/mol. The van der Waals surface area contributed by atoms with E-state index in [1.54, 1.807) is 0 Å². The molecule has 0 saturated heterocycles. The van der Waals surface area contributed by atoms with E-state index in [0.717, 1.165) is 11.4 Å². The molecule has 1 aromatic carbocycles. The van der Waals surface area contributed by atoms with Crippen LogP contribution in [0.15, 0.2) is 30.5 Å². The molecule has 1 aromatic heterocycles. The van der Waals surface area contributed by atoms with Gasteiger partial charge in [-0.15, -0.1) is 0 Å². The molecule has 0 atom stereocenters. The highest BCUT2D eigenvalue weighted by Crippen LogP contribution is 2.25. The minimum atomic E-state index is 0.345. The molecule has 0 aliphatic carbocycles. The van der Waals surface area contributed by atoms with Gasteiger partial charge in [0.2, 0.25) is 0 Å². The van der Waals surface area contributed by atoms with Gasteiger partial charge in [0, 0.05) is 11.7 Å². The average Bonchev–Trinajstić information content (AvgIpc) is 2.59. The van der Waals surface area contributed by atoms with Gasteiger partial charge in [-0.25, -0.2) is 4.98 Å². The van der Waals surface area contributed by atoms with Crippen LogP contribution in [0.2, 0.25) is 0 Å². The molecular weight excluding hydrogens is 212 g/mol. The lowest BCUT2D eigenvalue weighted by Crippen LogP contribution is -2.05. The monoisotopic (exact) mass is 230 g/mol. The van der Waals surface area contributed by atoms with Gasteiger partial charge in [0.25, 0.3) is 0 Å². The van der Waals surface area contributed by atoms with E-state index in [1.807, 2.05) is 44.3 Å². The minimum Gasteiger partial charge on any atom is -0.425 e. The fourth-order valence-corrected chi connectivity index (χ4v) is 1.91. The summed E-state index contributed by atoms with van der Waals surface area (Å²) in [4.78, 5) is 4.30. The standard InChI is InChI=1S/C14H18N2O/c1-10(2)16-12(4)9-15-14(16)17-13-7-5-6-11(3)8-13/h5-10H,1-4H3. The first-order chi connectivity index (χ1) is 8.08. The lowest BCUT2D eigenvalue weighted by Gasteiger charge is -2.13. The summed E-state index contributed by atoms with van der Waals surface area (Å²) in [5.74, 6) is 0.831. The molecule has 2 aromatic rings. The van der Waals surface area contributed by atoms with Crippen LogP contribution in [0.25, 0.3) is 0 Å². The van der Waals surface area contributed by atoms with Crippen LogP contribution in [0.5, 0.6) is 11.8 Å². The largest absolute Gasteiger partial charge is 0.425 e. The molecule has 3 nitrogen and oxygen atoms in total. The van der Waals surface area contributed by atoms with Crippen molar-refractivity contribution in [3.8, 4) is 11.8 Å². The van der Waals surface area contributed by atoms with Gasteiger partial charge in [-0.3, -0.25) is 4.57 Å². The van der Waals surface area contributed by atoms with Gasteiger partial charge in [-0.2, -0.15) is 0 Å². The molecule has 0 unspecified atom stereocenters. The molecule has 0 N–H and O–H groups in total. The predicted octanol–water partition coefficient (Wildman–Crippen LogP) is 3.87. The van der Waals surface area contributed by atoms with Crippen molar-refractivity contribution in [1.29, 1.82) is 0 Å². The Labute approximate surface area is 102 Å². The Balaban J connectivity index is 2.30. The summed E-state index contributed by atoms with van der Waals surface area (Å²) in [6.45, 7) is 8.33. The number of nitrogens with zero attached hydrogens (tertiary/aromatic N) is 2. The summed E-state index contributed by atoms with van der Waals surface area (Å²) < 4.78 is 7.91. The highest BCUT2D eigenvalue weighted by Gasteiger charge is 2.11. The molecule has 0 fully saturated rings. The first-order valence-electron chi connectivity index (χ1n) is 5.86. The molecule has 2 rings (SSSR count). The first-order valence-corrected chi connectivity index (χ1v) is 5.86. The Morgan fingerprint density at radius 1 is 1.24 bits per heavy atom. The van der Waals surface area contributed by atoms with Crippen LogP contribution in [-0.2, 0) is 0 Å². The Bertz CT molecular complexity index is 515. The molecule has 0 aliphatic rings. The maximum absolute atomic E-state index is 5.82. The molecule has 0 saturated carbocycles. The number of rotatable bonds is 3. The molecule has 0 bridgehead atoms. The number of hydrogen-bond donors (Lipinski definition) is 0. The second-order valence-corrected chi connectivity index (χ2v) is 4.56. The first kappa shape index (κ1) is 11.7. The highest BCUT2D eigenvalue weighted by molar-refractivity contribution is 5.30. The third-order valence-electron chi connectivity index (χ3n) is 2.66. The highest BCUT2D eigenvalue weighted by atomic mass is 16.5. The molecule has 3 heteroatoms. The Kier molecular flexibility index (Phi) is 3.18. The smallest absolute Gasteiger partial charge is 0.302 e. The van der Waals surface area contributed by atoms with E-state index >= 15 is 0 Å². The third-order valence-corrected chi connectivity index (χ3v) is 2.66. The van der Waals surface area contributed by atoms with E-state index in [4.69, 9.17) is 4.74 Å². The second kappa shape index (κ2) is 4.62. The Hall–Kier alpha value is -1.77. The van der Waals surface area contributed by atoms with Crippen molar-refractivity contribution in [3.05, 3.63) is 41.7 Å². The van der Waals surface area contributed by atoms with E-state index in [9.17, 15) is 0 Å². The summed E-state index contributed by atoms with van der Waals surface area (Å²) in [6, 6.07) is 8.99. The van der Waals surface area contributed by atoms with Crippen LogP contribution in [0.3, 0.4) is 0 Å². The molecule has 17 heavy (non-hydrogen) atoms. The fraction of sp³-hybridized carbons (Fsp3) is 0.357. The molecule has 0 aliphatic heterocycles. The molecule has 0 amide bonds. The van der Waals surface area contributed by atoms with E-state index in [2.05, 4.69) is 23.4 Å². The summed E-state index contributed by atoms with van der Waals surface area (Å²) in [5.41, 5.74) is 2.30. The number of imidazole rings is 1. The lowest BCUT2D eigenvalue weighted by molar-refractivity contribution is 0.392. The average molecular weight is 230 g/mol. The zero-order valence-corrected chi connectivity index (χ0v) is 10.8. The number of ether oxygens (including phenoxy) is 1. The van der Waals surface area contributed by atoms with Gasteiger partial charge >= 0.3 is 6.01 Å². The van der Waals surface area contributed by atoms with Crippen LogP contribution in [0.1, 0.15) is 31.1 Å². The molecule has 90 valence electrons. The van der Waals surface area contributed by atoms with Crippen molar-refractivity contribution in [2.24, 2.45) is 0 Å². The maximum Gasteiger partial charge on any atom is 0.302 e. The van der Waals surface area contributed by atoms with Crippen molar-refractivity contribution < 1.29 is 4.74 Å². The maximum atomic E-state index is 5.82. The SMILES string of the molecule is Cc1cccc(Oc2ncc(C)n2C(C)C)c1.